The third-order valence-corrected chi connectivity index (χ3v) is 7.76. The molecule has 1 saturated heterocycles. The number of nitrogens with zero attached hydrogens (tertiary/aromatic N) is 3. The van der Waals surface area contributed by atoms with Gasteiger partial charge < -0.3 is 14.4 Å². The van der Waals surface area contributed by atoms with Gasteiger partial charge in [0.05, 0.1) is 12.8 Å². The van der Waals surface area contributed by atoms with Crippen molar-refractivity contribution in [2.75, 3.05) is 25.3 Å². The largest absolute Gasteiger partial charge is 0.457 e. The number of hydroxylamine groups is 1. The van der Waals surface area contributed by atoms with Crippen molar-refractivity contribution < 1.29 is 28.7 Å². The number of aromatic nitrogens is 1. The molecule has 3 aromatic rings. The third-order valence-electron chi connectivity index (χ3n) is 7.76. The van der Waals surface area contributed by atoms with Gasteiger partial charge >= 0.3 is 6.09 Å². The summed E-state index contributed by atoms with van der Waals surface area (Å²) >= 11 is 0. The standard InChI is InChI=1S/C36H45N3O6/c1-24-9-10-27(33(41)39(43-8)30-19-26(23-40)17-28(21-30)35(2,3)4)20-32(24)44-31-11-14-37-29(22-31)18-25-12-15-38(16-13-25)34(42)45-36(5,6)7/h9-11,14,17,19-23,25H,12-13,15-16,18H2,1-8H3. The Morgan fingerprint density at radius 2 is 1.71 bits per heavy atom. The van der Waals surface area contributed by atoms with Crippen molar-refractivity contribution in [3.05, 3.63) is 82.7 Å². The van der Waals surface area contributed by atoms with Gasteiger partial charge in [-0.05, 0) is 106 Å². The lowest BCUT2D eigenvalue weighted by Crippen LogP contribution is -2.42. The zero-order valence-electron chi connectivity index (χ0n) is 27.7. The first-order chi connectivity index (χ1) is 21.2. The summed E-state index contributed by atoms with van der Waals surface area (Å²) in [4.78, 5) is 49.6. The molecule has 0 bridgehead atoms. The minimum absolute atomic E-state index is 0.234. The van der Waals surface area contributed by atoms with E-state index in [0.29, 0.717) is 47.3 Å². The van der Waals surface area contributed by atoms with Crippen LogP contribution in [-0.2, 0) is 21.4 Å². The highest BCUT2D eigenvalue weighted by molar-refractivity contribution is 6.05. The molecule has 2 aromatic carbocycles. The predicted octanol–water partition coefficient (Wildman–Crippen LogP) is 7.69. The summed E-state index contributed by atoms with van der Waals surface area (Å²) in [5.41, 5.74) is 3.24. The lowest BCUT2D eigenvalue weighted by Gasteiger charge is -2.33. The molecule has 0 aliphatic carbocycles. The fourth-order valence-corrected chi connectivity index (χ4v) is 5.22. The molecule has 0 unspecified atom stereocenters. The highest BCUT2D eigenvalue weighted by Gasteiger charge is 2.27. The van der Waals surface area contributed by atoms with Crippen molar-refractivity contribution in [2.45, 2.75) is 78.7 Å². The zero-order chi connectivity index (χ0) is 32.9. The number of likely N-dealkylation sites (tertiary alicyclic amines) is 1. The van der Waals surface area contributed by atoms with Crippen LogP contribution in [0.3, 0.4) is 0 Å². The van der Waals surface area contributed by atoms with E-state index in [0.717, 1.165) is 42.4 Å². The van der Waals surface area contributed by atoms with E-state index in [1.54, 1.807) is 35.4 Å². The first kappa shape index (κ1) is 33.6. The second-order valence-electron chi connectivity index (χ2n) is 13.6. The average Bonchev–Trinajstić information content (AvgIpc) is 2.97. The molecule has 4 rings (SSSR count). The minimum atomic E-state index is -0.508. The van der Waals surface area contributed by atoms with Gasteiger partial charge in [-0.25, -0.2) is 4.79 Å². The van der Waals surface area contributed by atoms with Crippen LogP contribution >= 0.6 is 0 Å². The Balaban J connectivity index is 1.46. The third kappa shape index (κ3) is 8.91. The average molecular weight is 616 g/mol. The van der Waals surface area contributed by atoms with E-state index in [9.17, 15) is 14.4 Å². The van der Waals surface area contributed by atoms with Crippen molar-refractivity contribution in [1.29, 1.82) is 0 Å². The van der Waals surface area contributed by atoms with Gasteiger partial charge in [-0.1, -0.05) is 26.8 Å². The number of hydrogen-bond acceptors (Lipinski definition) is 7. The number of pyridine rings is 1. The molecule has 9 nitrogen and oxygen atoms in total. The highest BCUT2D eigenvalue weighted by Crippen LogP contribution is 2.31. The maximum atomic E-state index is 13.7. The van der Waals surface area contributed by atoms with Gasteiger partial charge in [0.25, 0.3) is 5.91 Å². The maximum absolute atomic E-state index is 13.7. The van der Waals surface area contributed by atoms with Crippen molar-refractivity contribution >= 4 is 24.0 Å². The Morgan fingerprint density at radius 3 is 2.33 bits per heavy atom. The molecule has 0 saturated carbocycles. The van der Waals surface area contributed by atoms with Gasteiger partial charge in [0.2, 0.25) is 0 Å². The van der Waals surface area contributed by atoms with Crippen LogP contribution in [-0.4, -0.2) is 54.0 Å². The van der Waals surface area contributed by atoms with Crippen molar-refractivity contribution in [3.63, 3.8) is 0 Å². The number of amides is 2. The minimum Gasteiger partial charge on any atom is -0.457 e. The van der Waals surface area contributed by atoms with Gasteiger partial charge in [0.15, 0.2) is 0 Å². The summed E-state index contributed by atoms with van der Waals surface area (Å²) in [6, 6.07) is 14.3. The Bertz CT molecular complexity index is 1530. The molecule has 0 spiro atoms. The number of aryl methyl sites for hydroxylation is 1. The smallest absolute Gasteiger partial charge is 0.410 e. The van der Waals surface area contributed by atoms with Crippen LogP contribution < -0.4 is 9.80 Å². The summed E-state index contributed by atoms with van der Waals surface area (Å²) < 4.78 is 11.8. The fourth-order valence-electron chi connectivity index (χ4n) is 5.22. The van der Waals surface area contributed by atoms with E-state index in [4.69, 9.17) is 14.3 Å². The number of benzene rings is 2. The highest BCUT2D eigenvalue weighted by atomic mass is 16.7. The van der Waals surface area contributed by atoms with Crippen LogP contribution in [0.15, 0.2) is 54.7 Å². The van der Waals surface area contributed by atoms with Gasteiger partial charge in [-0.2, -0.15) is 5.06 Å². The molecule has 1 aliphatic heterocycles. The molecule has 2 heterocycles. The Kier molecular flexibility index (Phi) is 10.3. The van der Waals surface area contributed by atoms with Gasteiger partial charge in [-0.15, -0.1) is 0 Å². The van der Waals surface area contributed by atoms with Gasteiger partial charge in [-0.3, -0.25) is 19.4 Å². The Hall–Kier alpha value is -4.24. The predicted molar refractivity (Wildman–Crippen MR) is 174 cm³/mol. The van der Waals surface area contributed by atoms with E-state index in [1.165, 1.54) is 12.2 Å². The van der Waals surface area contributed by atoms with E-state index in [1.807, 2.05) is 72.7 Å². The summed E-state index contributed by atoms with van der Waals surface area (Å²) in [6.45, 7) is 15.0. The van der Waals surface area contributed by atoms with E-state index < -0.39 is 11.5 Å². The SMILES string of the molecule is CON(C(=O)c1ccc(C)c(Oc2ccnc(CC3CCN(C(=O)OC(C)(C)C)CC3)c2)c1)c1cc(C=O)cc(C(C)(C)C)c1. The van der Waals surface area contributed by atoms with Crippen molar-refractivity contribution in [1.82, 2.24) is 9.88 Å². The second kappa shape index (κ2) is 13.8. The number of carbonyl (C=O) groups is 3. The quantitative estimate of drug-likeness (QED) is 0.189. The molecule has 9 heteroatoms. The van der Waals surface area contributed by atoms with E-state index >= 15 is 0 Å². The molecule has 1 aromatic heterocycles. The van der Waals surface area contributed by atoms with Crippen molar-refractivity contribution in [2.24, 2.45) is 5.92 Å². The van der Waals surface area contributed by atoms with Crippen LogP contribution in [0.4, 0.5) is 10.5 Å². The molecular formula is C36H45N3O6. The monoisotopic (exact) mass is 615 g/mol. The molecule has 0 N–H and O–H groups in total. The first-order valence-electron chi connectivity index (χ1n) is 15.4. The molecule has 2 amide bonds. The number of piperidine rings is 1. The number of ether oxygens (including phenoxy) is 2. The molecule has 0 atom stereocenters. The van der Waals surface area contributed by atoms with E-state index in [-0.39, 0.29) is 11.5 Å². The first-order valence-corrected chi connectivity index (χ1v) is 15.4. The zero-order valence-corrected chi connectivity index (χ0v) is 27.7. The summed E-state index contributed by atoms with van der Waals surface area (Å²) in [6.07, 6.45) is 4.75. The summed E-state index contributed by atoms with van der Waals surface area (Å²) in [7, 11) is 1.42. The van der Waals surface area contributed by atoms with E-state index in [2.05, 4.69) is 4.98 Å². The molecular weight excluding hydrogens is 570 g/mol. The molecule has 240 valence electrons. The van der Waals surface area contributed by atoms with Crippen LogP contribution in [0, 0.1) is 12.8 Å². The summed E-state index contributed by atoms with van der Waals surface area (Å²) in [5.74, 6) is 1.16. The lowest BCUT2D eigenvalue weighted by atomic mass is 9.86. The normalized spacial score (nSPS) is 14.2. The number of carbonyl (C=O) groups excluding carboxylic acids is 3. The number of rotatable bonds is 8. The molecule has 0 radical (unpaired) electrons. The number of hydrogen-bond donors (Lipinski definition) is 0. The summed E-state index contributed by atoms with van der Waals surface area (Å²) in [5, 5.41) is 1.19. The molecule has 45 heavy (non-hydrogen) atoms. The molecule has 1 fully saturated rings. The van der Waals surface area contributed by atoms with Crippen molar-refractivity contribution in [3.8, 4) is 11.5 Å². The van der Waals surface area contributed by atoms with Gasteiger partial charge in [0.1, 0.15) is 23.4 Å². The number of anilines is 1. The van der Waals surface area contributed by atoms with Crippen LogP contribution in [0.1, 0.15) is 91.9 Å². The Morgan fingerprint density at radius 1 is 1.00 bits per heavy atom. The van der Waals surface area contributed by atoms with Gasteiger partial charge in [0, 0.05) is 42.2 Å². The lowest BCUT2D eigenvalue weighted by molar-refractivity contribution is 0.0184. The second-order valence-corrected chi connectivity index (χ2v) is 13.6. The van der Waals surface area contributed by atoms with Crippen LogP contribution in [0.25, 0.3) is 0 Å². The fraction of sp³-hybridized carbons (Fsp3) is 0.444. The van der Waals surface area contributed by atoms with Crippen LogP contribution in [0.2, 0.25) is 0 Å². The maximum Gasteiger partial charge on any atom is 0.410 e. The Labute approximate surface area is 266 Å². The topological polar surface area (TPSA) is 98.3 Å². The molecule has 1 aliphatic rings. The van der Waals surface area contributed by atoms with Crippen LogP contribution in [0.5, 0.6) is 11.5 Å². The number of aldehydes is 1.